The number of pyridine rings is 1. The van der Waals surface area contributed by atoms with Gasteiger partial charge < -0.3 is 9.88 Å². The van der Waals surface area contributed by atoms with Gasteiger partial charge >= 0.3 is 6.18 Å². The third-order valence-electron chi connectivity index (χ3n) is 4.94. The van der Waals surface area contributed by atoms with Gasteiger partial charge in [0.05, 0.1) is 10.5 Å². The number of alkyl halides is 3. The number of carbonyl (C=O) groups excluding carboxylic acids is 1. The van der Waals surface area contributed by atoms with Crippen molar-refractivity contribution in [2.75, 3.05) is 18.4 Å². The molecule has 1 aromatic heterocycles. The molecule has 0 unspecified atom stereocenters. The van der Waals surface area contributed by atoms with Crippen molar-refractivity contribution < 1.29 is 26.4 Å². The fourth-order valence-electron chi connectivity index (χ4n) is 3.03. The third-order valence-corrected chi connectivity index (χ3v) is 7.24. The minimum absolute atomic E-state index is 0.0288. The molecule has 12 heteroatoms. The van der Waals surface area contributed by atoms with Gasteiger partial charge in [0.25, 0.3) is 5.56 Å². The van der Waals surface area contributed by atoms with Crippen LogP contribution in [-0.2, 0) is 27.5 Å². The van der Waals surface area contributed by atoms with Crippen molar-refractivity contribution in [3.8, 4) is 0 Å². The molecular formula is C20H23ClF3N3O4S. The number of nitrogens with one attached hydrogen (secondary N) is 1. The van der Waals surface area contributed by atoms with Crippen LogP contribution in [0.5, 0.6) is 0 Å². The SMILES string of the molecule is CCN(CC)S(=O)(=O)c1cc(C)c(C)c(NC(=O)Cn2cc(C(F)(F)F)cc(Cl)c2=O)c1. The molecule has 0 aliphatic rings. The first-order valence-corrected chi connectivity index (χ1v) is 11.4. The zero-order valence-electron chi connectivity index (χ0n) is 17.9. The van der Waals surface area contributed by atoms with Crippen LogP contribution in [0.15, 0.2) is 34.1 Å². The van der Waals surface area contributed by atoms with Gasteiger partial charge in [-0.15, -0.1) is 0 Å². The van der Waals surface area contributed by atoms with Crippen molar-refractivity contribution in [2.45, 2.75) is 45.3 Å². The van der Waals surface area contributed by atoms with E-state index in [1.165, 1.54) is 16.4 Å². The van der Waals surface area contributed by atoms with E-state index in [0.717, 1.165) is 0 Å². The van der Waals surface area contributed by atoms with Gasteiger partial charge in [0.1, 0.15) is 11.6 Å². The minimum atomic E-state index is -4.75. The predicted molar refractivity (Wildman–Crippen MR) is 115 cm³/mol. The second kappa shape index (κ2) is 9.63. The molecule has 0 saturated carbocycles. The molecule has 1 heterocycles. The molecule has 0 fully saturated rings. The summed E-state index contributed by atoms with van der Waals surface area (Å²) in [4.78, 5) is 24.6. The molecular weight excluding hydrogens is 471 g/mol. The number of anilines is 1. The molecule has 0 aliphatic carbocycles. The molecule has 7 nitrogen and oxygen atoms in total. The van der Waals surface area contributed by atoms with E-state index >= 15 is 0 Å². The van der Waals surface area contributed by atoms with E-state index < -0.39 is 44.8 Å². The first kappa shape index (κ1) is 25.9. The number of hydrogen-bond donors (Lipinski definition) is 1. The van der Waals surface area contributed by atoms with Crippen molar-refractivity contribution in [1.82, 2.24) is 8.87 Å². The summed E-state index contributed by atoms with van der Waals surface area (Å²) in [5.74, 6) is -0.817. The van der Waals surface area contributed by atoms with Crippen LogP contribution in [0.2, 0.25) is 5.02 Å². The fourth-order valence-corrected chi connectivity index (χ4v) is 4.83. The summed E-state index contributed by atoms with van der Waals surface area (Å²) in [5.41, 5.74) is -0.791. The Morgan fingerprint density at radius 1 is 1.16 bits per heavy atom. The fraction of sp³-hybridized carbons (Fsp3) is 0.400. The average molecular weight is 494 g/mol. The largest absolute Gasteiger partial charge is 0.417 e. The van der Waals surface area contributed by atoms with Crippen LogP contribution in [0.1, 0.15) is 30.5 Å². The van der Waals surface area contributed by atoms with Crippen LogP contribution >= 0.6 is 11.6 Å². The van der Waals surface area contributed by atoms with Gasteiger partial charge in [0.15, 0.2) is 0 Å². The van der Waals surface area contributed by atoms with Crippen LogP contribution in [0.3, 0.4) is 0 Å². The van der Waals surface area contributed by atoms with Crippen molar-refractivity contribution in [3.05, 3.63) is 56.5 Å². The molecule has 1 N–H and O–H groups in total. The number of aryl methyl sites for hydroxylation is 1. The number of amides is 1. The standard InChI is InChI=1S/C20H23ClF3N3O4S/c1-5-27(6-2)32(30,31)15-7-12(3)13(4)17(9-15)25-18(28)11-26-10-14(20(22,23)24)8-16(21)19(26)29/h7-10H,5-6,11H2,1-4H3,(H,25,28). The maximum atomic E-state index is 13.0. The van der Waals surface area contributed by atoms with E-state index in [0.29, 0.717) is 28.0 Å². The maximum absolute atomic E-state index is 13.0. The number of hydrogen-bond acceptors (Lipinski definition) is 4. The summed E-state index contributed by atoms with van der Waals surface area (Å²) < 4.78 is 66.5. The predicted octanol–water partition coefficient (Wildman–Crippen LogP) is 3.81. The second-order valence-electron chi connectivity index (χ2n) is 7.06. The van der Waals surface area contributed by atoms with Crippen molar-refractivity contribution >= 4 is 33.2 Å². The van der Waals surface area contributed by atoms with Gasteiger partial charge in [-0.05, 0) is 43.2 Å². The van der Waals surface area contributed by atoms with Gasteiger partial charge in [-0.25, -0.2) is 8.42 Å². The number of halogens is 4. The van der Waals surface area contributed by atoms with Gasteiger partial charge in [0.2, 0.25) is 15.9 Å². The second-order valence-corrected chi connectivity index (χ2v) is 9.40. The van der Waals surface area contributed by atoms with Gasteiger partial charge in [0, 0.05) is 25.0 Å². The summed E-state index contributed by atoms with van der Waals surface area (Å²) in [6.45, 7) is 6.49. The van der Waals surface area contributed by atoms with Crippen LogP contribution in [0.4, 0.5) is 18.9 Å². The Hall–Kier alpha value is -2.37. The zero-order valence-corrected chi connectivity index (χ0v) is 19.5. The number of benzene rings is 1. The van der Waals surface area contributed by atoms with E-state index in [1.54, 1.807) is 27.7 Å². The molecule has 0 atom stereocenters. The summed E-state index contributed by atoms with van der Waals surface area (Å²) >= 11 is 5.61. The van der Waals surface area contributed by atoms with Crippen LogP contribution in [0, 0.1) is 13.8 Å². The lowest BCUT2D eigenvalue weighted by Gasteiger charge is -2.20. The van der Waals surface area contributed by atoms with Gasteiger partial charge in [-0.2, -0.15) is 17.5 Å². The monoisotopic (exact) mass is 493 g/mol. The van der Waals surface area contributed by atoms with Crippen LogP contribution < -0.4 is 10.9 Å². The van der Waals surface area contributed by atoms with E-state index in [-0.39, 0.29) is 23.7 Å². The van der Waals surface area contributed by atoms with Gasteiger partial charge in [-0.3, -0.25) is 9.59 Å². The molecule has 0 radical (unpaired) electrons. The minimum Gasteiger partial charge on any atom is -0.324 e. The zero-order chi connectivity index (χ0) is 24.4. The van der Waals surface area contributed by atoms with E-state index in [4.69, 9.17) is 11.6 Å². The Morgan fingerprint density at radius 2 is 1.75 bits per heavy atom. The highest BCUT2D eigenvalue weighted by Gasteiger charge is 2.32. The Morgan fingerprint density at radius 3 is 2.28 bits per heavy atom. The van der Waals surface area contributed by atoms with Crippen molar-refractivity contribution in [3.63, 3.8) is 0 Å². The molecule has 0 saturated heterocycles. The molecule has 0 bridgehead atoms. The number of sulfonamides is 1. The van der Waals surface area contributed by atoms with Gasteiger partial charge in [-0.1, -0.05) is 25.4 Å². The first-order chi connectivity index (χ1) is 14.7. The number of aromatic nitrogens is 1. The van der Waals surface area contributed by atoms with Crippen LogP contribution in [0.25, 0.3) is 0 Å². The molecule has 176 valence electrons. The third kappa shape index (κ3) is 5.51. The Balaban J connectivity index is 2.40. The number of carbonyl (C=O) groups is 1. The smallest absolute Gasteiger partial charge is 0.324 e. The summed E-state index contributed by atoms with van der Waals surface area (Å²) in [7, 11) is -3.81. The Labute approximate surface area is 188 Å². The average Bonchev–Trinajstić information content (AvgIpc) is 2.68. The summed E-state index contributed by atoms with van der Waals surface area (Å²) in [6, 6.07) is 3.26. The molecule has 1 amide bonds. The maximum Gasteiger partial charge on any atom is 0.417 e. The molecule has 1 aromatic carbocycles. The van der Waals surface area contributed by atoms with E-state index in [1.807, 2.05) is 0 Å². The Kier molecular flexibility index (Phi) is 7.79. The topological polar surface area (TPSA) is 88.5 Å². The van der Waals surface area contributed by atoms with Crippen molar-refractivity contribution in [2.24, 2.45) is 0 Å². The van der Waals surface area contributed by atoms with Crippen molar-refractivity contribution in [1.29, 1.82) is 0 Å². The van der Waals surface area contributed by atoms with E-state index in [9.17, 15) is 31.2 Å². The summed E-state index contributed by atoms with van der Waals surface area (Å²) in [6.07, 6.45) is -4.25. The molecule has 0 spiro atoms. The lowest BCUT2D eigenvalue weighted by atomic mass is 10.1. The lowest BCUT2D eigenvalue weighted by Crippen LogP contribution is -2.31. The van der Waals surface area contributed by atoms with E-state index in [2.05, 4.69) is 5.32 Å². The molecule has 32 heavy (non-hydrogen) atoms. The number of rotatable bonds is 7. The Bertz CT molecular complexity index is 1190. The first-order valence-electron chi connectivity index (χ1n) is 9.60. The molecule has 2 rings (SSSR count). The highest BCUT2D eigenvalue weighted by Crippen LogP contribution is 2.30. The summed E-state index contributed by atoms with van der Waals surface area (Å²) in [5, 5.41) is 1.81. The molecule has 0 aliphatic heterocycles. The highest BCUT2D eigenvalue weighted by atomic mass is 35.5. The lowest BCUT2D eigenvalue weighted by molar-refractivity contribution is -0.138. The van der Waals surface area contributed by atoms with Crippen LogP contribution in [-0.4, -0.2) is 36.3 Å². The quantitative estimate of drug-likeness (QED) is 0.635. The highest BCUT2D eigenvalue weighted by molar-refractivity contribution is 7.89. The molecule has 2 aromatic rings. The normalized spacial score (nSPS) is 12.3. The number of nitrogens with zero attached hydrogens (tertiary/aromatic N) is 2.